The van der Waals surface area contributed by atoms with Crippen LogP contribution in [0.5, 0.6) is 5.75 Å². The number of aryl methyl sites for hydroxylation is 1. The molecule has 0 aliphatic heterocycles. The van der Waals surface area contributed by atoms with Gasteiger partial charge in [0.05, 0.1) is 6.61 Å². The lowest BCUT2D eigenvalue weighted by atomic mass is 10.1. The molecule has 3 heteroatoms. The molecule has 0 saturated carbocycles. The first-order chi connectivity index (χ1) is 8.69. The van der Waals surface area contributed by atoms with Gasteiger partial charge in [-0.25, -0.2) is 0 Å². The van der Waals surface area contributed by atoms with E-state index in [9.17, 15) is 0 Å². The summed E-state index contributed by atoms with van der Waals surface area (Å²) in [4.78, 5) is 0. The van der Waals surface area contributed by atoms with E-state index in [1.165, 1.54) is 11.1 Å². The van der Waals surface area contributed by atoms with Gasteiger partial charge in [-0.3, -0.25) is 0 Å². The Bertz CT molecular complexity index is 354. The van der Waals surface area contributed by atoms with Crippen molar-refractivity contribution in [1.82, 2.24) is 5.32 Å². The molecule has 0 aliphatic carbocycles. The van der Waals surface area contributed by atoms with Crippen LogP contribution in [0.25, 0.3) is 0 Å². The lowest BCUT2D eigenvalue weighted by Crippen LogP contribution is -2.18. The first-order valence-electron chi connectivity index (χ1n) is 6.73. The molecule has 0 spiro atoms. The summed E-state index contributed by atoms with van der Waals surface area (Å²) in [6.07, 6.45) is 0. The molecule has 1 unspecified atom stereocenters. The Hall–Kier alpha value is -0.670. The van der Waals surface area contributed by atoms with Crippen LogP contribution in [0.2, 0.25) is 0 Å². The van der Waals surface area contributed by atoms with Crippen LogP contribution in [0.3, 0.4) is 0 Å². The van der Waals surface area contributed by atoms with Gasteiger partial charge in [0.2, 0.25) is 0 Å². The second-order valence-electron chi connectivity index (χ2n) is 4.37. The van der Waals surface area contributed by atoms with Gasteiger partial charge in [-0.2, -0.15) is 11.8 Å². The number of hydrogen-bond acceptors (Lipinski definition) is 3. The summed E-state index contributed by atoms with van der Waals surface area (Å²) in [6, 6.07) is 6.80. The predicted molar refractivity (Wildman–Crippen MR) is 81.8 cm³/mol. The van der Waals surface area contributed by atoms with Gasteiger partial charge in [-0.15, -0.1) is 0 Å². The Balaban J connectivity index is 2.70. The smallest absolute Gasteiger partial charge is 0.124 e. The van der Waals surface area contributed by atoms with Crippen LogP contribution >= 0.6 is 11.8 Å². The maximum absolute atomic E-state index is 5.93. The second kappa shape index (κ2) is 8.44. The standard InChI is InChI=1S/C15H25NOS/c1-5-16-13(4)14-8-7-12(3)11-15(14)17-9-10-18-6-2/h7-8,11,13,16H,5-6,9-10H2,1-4H3. The van der Waals surface area contributed by atoms with Crippen molar-refractivity contribution in [2.24, 2.45) is 0 Å². The number of rotatable bonds is 8. The van der Waals surface area contributed by atoms with Crippen molar-refractivity contribution in [3.8, 4) is 5.75 Å². The van der Waals surface area contributed by atoms with Crippen LogP contribution in [0, 0.1) is 6.92 Å². The molecule has 2 nitrogen and oxygen atoms in total. The molecule has 0 bridgehead atoms. The van der Waals surface area contributed by atoms with Crippen molar-refractivity contribution < 1.29 is 4.74 Å². The van der Waals surface area contributed by atoms with Gasteiger partial charge in [0, 0.05) is 17.4 Å². The number of ether oxygens (including phenoxy) is 1. The molecular weight excluding hydrogens is 242 g/mol. The van der Waals surface area contributed by atoms with Crippen molar-refractivity contribution in [3.05, 3.63) is 29.3 Å². The van der Waals surface area contributed by atoms with Crippen molar-refractivity contribution in [3.63, 3.8) is 0 Å². The monoisotopic (exact) mass is 267 g/mol. The Kier molecular flexibility index (Phi) is 7.21. The van der Waals surface area contributed by atoms with Gasteiger partial charge in [-0.1, -0.05) is 26.0 Å². The highest BCUT2D eigenvalue weighted by atomic mass is 32.2. The molecule has 1 aromatic rings. The van der Waals surface area contributed by atoms with Gasteiger partial charge in [0.15, 0.2) is 0 Å². The maximum atomic E-state index is 5.93. The minimum atomic E-state index is 0.337. The number of thioether (sulfide) groups is 1. The molecule has 1 N–H and O–H groups in total. The third-order valence-electron chi connectivity index (χ3n) is 2.84. The van der Waals surface area contributed by atoms with E-state index < -0.39 is 0 Å². The van der Waals surface area contributed by atoms with E-state index in [0.717, 1.165) is 30.4 Å². The molecule has 0 heterocycles. The molecule has 0 saturated heterocycles. The summed E-state index contributed by atoms with van der Waals surface area (Å²) in [7, 11) is 0. The van der Waals surface area contributed by atoms with Crippen molar-refractivity contribution in [2.75, 3.05) is 24.7 Å². The fourth-order valence-electron chi connectivity index (χ4n) is 1.90. The summed E-state index contributed by atoms with van der Waals surface area (Å²) in [6.45, 7) is 10.4. The quantitative estimate of drug-likeness (QED) is 0.724. The highest BCUT2D eigenvalue weighted by molar-refractivity contribution is 7.99. The van der Waals surface area contributed by atoms with E-state index in [1.807, 2.05) is 11.8 Å². The van der Waals surface area contributed by atoms with Crippen LogP contribution in [0.15, 0.2) is 18.2 Å². The zero-order valence-corrected chi connectivity index (χ0v) is 12.8. The summed E-state index contributed by atoms with van der Waals surface area (Å²) in [5, 5.41) is 3.44. The minimum absolute atomic E-state index is 0.337. The Labute approximate surface area is 116 Å². The summed E-state index contributed by atoms with van der Waals surface area (Å²) < 4.78 is 5.93. The maximum Gasteiger partial charge on any atom is 0.124 e. The first kappa shape index (κ1) is 15.4. The normalized spacial score (nSPS) is 12.4. The van der Waals surface area contributed by atoms with Gasteiger partial charge in [0.1, 0.15) is 5.75 Å². The zero-order chi connectivity index (χ0) is 13.4. The average molecular weight is 267 g/mol. The molecule has 1 aromatic carbocycles. The minimum Gasteiger partial charge on any atom is -0.492 e. The van der Waals surface area contributed by atoms with Gasteiger partial charge >= 0.3 is 0 Å². The second-order valence-corrected chi connectivity index (χ2v) is 5.76. The Morgan fingerprint density at radius 2 is 2.11 bits per heavy atom. The largest absolute Gasteiger partial charge is 0.492 e. The van der Waals surface area contributed by atoms with E-state index in [4.69, 9.17) is 4.74 Å². The lowest BCUT2D eigenvalue weighted by Gasteiger charge is -2.18. The van der Waals surface area contributed by atoms with Crippen LogP contribution < -0.4 is 10.1 Å². The molecule has 0 aliphatic rings. The molecular formula is C15H25NOS. The molecule has 0 radical (unpaired) electrons. The van der Waals surface area contributed by atoms with E-state index in [2.05, 4.69) is 51.2 Å². The molecule has 18 heavy (non-hydrogen) atoms. The van der Waals surface area contributed by atoms with E-state index in [0.29, 0.717) is 6.04 Å². The highest BCUT2D eigenvalue weighted by Gasteiger charge is 2.10. The molecule has 0 fully saturated rings. The van der Waals surface area contributed by atoms with Gasteiger partial charge in [0.25, 0.3) is 0 Å². The fourth-order valence-corrected chi connectivity index (χ4v) is 2.39. The van der Waals surface area contributed by atoms with E-state index in [-0.39, 0.29) is 0 Å². The summed E-state index contributed by atoms with van der Waals surface area (Å²) in [5.41, 5.74) is 2.50. The van der Waals surface area contributed by atoms with Crippen molar-refractivity contribution in [2.45, 2.75) is 33.7 Å². The predicted octanol–water partition coefficient (Wildman–Crippen LogP) is 3.80. The topological polar surface area (TPSA) is 21.3 Å². The summed E-state index contributed by atoms with van der Waals surface area (Å²) in [5.74, 6) is 3.23. The van der Waals surface area contributed by atoms with Gasteiger partial charge in [-0.05, 0) is 37.8 Å². The summed E-state index contributed by atoms with van der Waals surface area (Å²) >= 11 is 1.92. The molecule has 1 rings (SSSR count). The van der Waals surface area contributed by atoms with E-state index in [1.54, 1.807) is 0 Å². The van der Waals surface area contributed by atoms with Gasteiger partial charge < -0.3 is 10.1 Å². The van der Waals surface area contributed by atoms with Crippen molar-refractivity contribution in [1.29, 1.82) is 0 Å². The molecule has 1 atom stereocenters. The molecule has 102 valence electrons. The number of hydrogen-bond donors (Lipinski definition) is 1. The Morgan fingerprint density at radius 1 is 1.33 bits per heavy atom. The number of nitrogens with one attached hydrogen (secondary N) is 1. The number of benzene rings is 1. The third-order valence-corrected chi connectivity index (χ3v) is 3.70. The van der Waals surface area contributed by atoms with Crippen molar-refractivity contribution >= 4 is 11.8 Å². The van der Waals surface area contributed by atoms with Crippen LogP contribution in [0.4, 0.5) is 0 Å². The molecule has 0 amide bonds. The SMILES string of the molecule is CCNC(C)c1ccc(C)cc1OCCSCC. The van der Waals surface area contributed by atoms with E-state index >= 15 is 0 Å². The zero-order valence-electron chi connectivity index (χ0n) is 12.0. The van der Waals surface area contributed by atoms with Crippen LogP contribution in [-0.2, 0) is 0 Å². The Morgan fingerprint density at radius 3 is 2.78 bits per heavy atom. The lowest BCUT2D eigenvalue weighted by molar-refractivity contribution is 0.336. The molecule has 0 aromatic heterocycles. The fraction of sp³-hybridized carbons (Fsp3) is 0.600. The first-order valence-corrected chi connectivity index (χ1v) is 7.89. The third kappa shape index (κ3) is 4.91. The van der Waals surface area contributed by atoms with Crippen LogP contribution in [-0.4, -0.2) is 24.7 Å². The average Bonchev–Trinajstić information content (AvgIpc) is 2.35. The highest BCUT2D eigenvalue weighted by Crippen LogP contribution is 2.26. The van der Waals surface area contributed by atoms with Crippen LogP contribution in [0.1, 0.15) is 37.9 Å².